The van der Waals surface area contributed by atoms with Crippen molar-refractivity contribution >= 4 is 5.82 Å². The van der Waals surface area contributed by atoms with E-state index in [9.17, 15) is 0 Å². The Balaban J connectivity index is 2.77. The molecule has 1 aromatic rings. The molecule has 102 valence electrons. The Morgan fingerprint density at radius 3 is 2.50 bits per heavy atom. The molecule has 0 aliphatic carbocycles. The van der Waals surface area contributed by atoms with Crippen molar-refractivity contribution in [1.29, 1.82) is 0 Å². The Kier molecular flexibility index (Phi) is 6.09. The summed E-state index contributed by atoms with van der Waals surface area (Å²) in [6.07, 6.45) is 1.86. The molecule has 0 saturated heterocycles. The van der Waals surface area contributed by atoms with Crippen LogP contribution in [0.2, 0.25) is 0 Å². The Hall–Kier alpha value is -1.13. The van der Waals surface area contributed by atoms with Crippen LogP contribution in [0, 0.1) is 5.92 Å². The predicted molar refractivity (Wildman–Crippen MR) is 75.8 cm³/mol. The highest BCUT2D eigenvalue weighted by Crippen LogP contribution is 2.15. The average molecular weight is 251 g/mol. The summed E-state index contributed by atoms with van der Waals surface area (Å²) in [5, 5.41) is 0. The van der Waals surface area contributed by atoms with E-state index in [0.717, 1.165) is 24.5 Å². The number of nitrogens with two attached hydrogens (primary N) is 1. The van der Waals surface area contributed by atoms with Crippen LogP contribution in [0.3, 0.4) is 0 Å². The van der Waals surface area contributed by atoms with E-state index < -0.39 is 0 Å². The number of rotatable bonds is 7. The van der Waals surface area contributed by atoms with E-state index in [1.165, 1.54) is 0 Å². The first-order valence-electron chi connectivity index (χ1n) is 6.50. The summed E-state index contributed by atoms with van der Waals surface area (Å²) < 4.78 is 5.15. The second-order valence-electron chi connectivity index (χ2n) is 5.07. The molecule has 1 rings (SSSR count). The minimum Gasteiger partial charge on any atom is -0.383 e. The van der Waals surface area contributed by atoms with Crippen molar-refractivity contribution in [2.75, 3.05) is 31.7 Å². The molecular weight excluding hydrogens is 226 g/mol. The summed E-state index contributed by atoms with van der Waals surface area (Å²) in [6, 6.07) is 4.12. The monoisotopic (exact) mass is 251 g/mol. The summed E-state index contributed by atoms with van der Waals surface area (Å²) in [6.45, 7) is 8.93. The average Bonchev–Trinajstić information content (AvgIpc) is 2.34. The van der Waals surface area contributed by atoms with Crippen molar-refractivity contribution in [3.63, 3.8) is 0 Å². The van der Waals surface area contributed by atoms with Gasteiger partial charge in [0.2, 0.25) is 0 Å². The first kappa shape index (κ1) is 14.9. The van der Waals surface area contributed by atoms with Crippen LogP contribution in [0.25, 0.3) is 0 Å². The molecule has 1 heterocycles. The van der Waals surface area contributed by atoms with Crippen molar-refractivity contribution in [3.8, 4) is 0 Å². The lowest BCUT2D eigenvalue weighted by atomic mass is 10.1. The number of methoxy groups -OCH3 is 1. The van der Waals surface area contributed by atoms with E-state index in [2.05, 4.69) is 23.7 Å². The Morgan fingerprint density at radius 2 is 2.06 bits per heavy atom. The minimum absolute atomic E-state index is 0.0315. The smallest absolute Gasteiger partial charge is 0.128 e. The molecule has 18 heavy (non-hydrogen) atoms. The van der Waals surface area contributed by atoms with Gasteiger partial charge in [-0.25, -0.2) is 4.98 Å². The molecule has 0 bridgehead atoms. The van der Waals surface area contributed by atoms with Gasteiger partial charge in [-0.15, -0.1) is 0 Å². The van der Waals surface area contributed by atoms with Crippen LogP contribution in [0.1, 0.15) is 32.4 Å². The zero-order chi connectivity index (χ0) is 13.5. The third-order valence-electron chi connectivity index (χ3n) is 2.77. The highest BCUT2D eigenvalue weighted by atomic mass is 16.5. The van der Waals surface area contributed by atoms with Gasteiger partial charge in [-0.3, -0.25) is 0 Å². The van der Waals surface area contributed by atoms with E-state index in [-0.39, 0.29) is 6.04 Å². The van der Waals surface area contributed by atoms with Gasteiger partial charge in [0, 0.05) is 32.4 Å². The van der Waals surface area contributed by atoms with Crippen LogP contribution in [-0.2, 0) is 4.74 Å². The van der Waals surface area contributed by atoms with E-state index >= 15 is 0 Å². The summed E-state index contributed by atoms with van der Waals surface area (Å²) >= 11 is 0. The normalized spacial score (nSPS) is 12.8. The van der Waals surface area contributed by atoms with Gasteiger partial charge < -0.3 is 15.4 Å². The van der Waals surface area contributed by atoms with E-state index in [1.54, 1.807) is 7.11 Å². The lowest BCUT2D eigenvalue weighted by Crippen LogP contribution is -2.31. The highest BCUT2D eigenvalue weighted by Gasteiger charge is 2.10. The van der Waals surface area contributed by atoms with Gasteiger partial charge >= 0.3 is 0 Å². The Morgan fingerprint density at radius 1 is 1.33 bits per heavy atom. The molecule has 4 nitrogen and oxygen atoms in total. The Labute approximate surface area is 110 Å². The van der Waals surface area contributed by atoms with Crippen LogP contribution >= 0.6 is 0 Å². The molecule has 0 aromatic carbocycles. The standard InChI is InChI=1S/C14H25N3O/c1-11(2)10-17(7-8-18-4)14-6-5-13(9-16-14)12(3)15/h5-6,9,11-12H,7-8,10,15H2,1-4H3/t12-/m0/s1. The van der Waals surface area contributed by atoms with Crippen molar-refractivity contribution in [2.24, 2.45) is 11.7 Å². The number of anilines is 1. The number of hydrogen-bond donors (Lipinski definition) is 1. The second kappa shape index (κ2) is 7.34. The predicted octanol–water partition coefficient (Wildman–Crippen LogP) is 2.21. The van der Waals surface area contributed by atoms with Crippen LogP contribution < -0.4 is 10.6 Å². The molecule has 0 aliphatic rings. The molecule has 0 fully saturated rings. The molecule has 0 amide bonds. The number of pyridine rings is 1. The third-order valence-corrected chi connectivity index (χ3v) is 2.77. The first-order chi connectivity index (χ1) is 8.54. The number of nitrogens with zero attached hydrogens (tertiary/aromatic N) is 2. The molecular formula is C14H25N3O. The number of hydrogen-bond acceptors (Lipinski definition) is 4. The lowest BCUT2D eigenvalue weighted by molar-refractivity contribution is 0.204. The fourth-order valence-corrected chi connectivity index (χ4v) is 1.80. The molecule has 0 spiro atoms. The quantitative estimate of drug-likeness (QED) is 0.807. The fourth-order valence-electron chi connectivity index (χ4n) is 1.80. The highest BCUT2D eigenvalue weighted by molar-refractivity contribution is 5.39. The Bertz CT molecular complexity index is 335. The molecule has 0 radical (unpaired) electrons. The zero-order valence-corrected chi connectivity index (χ0v) is 11.9. The van der Waals surface area contributed by atoms with E-state index in [4.69, 9.17) is 10.5 Å². The zero-order valence-electron chi connectivity index (χ0n) is 11.9. The topological polar surface area (TPSA) is 51.4 Å². The van der Waals surface area contributed by atoms with E-state index in [0.29, 0.717) is 12.5 Å². The van der Waals surface area contributed by atoms with Gasteiger partial charge in [-0.2, -0.15) is 0 Å². The molecule has 0 saturated carbocycles. The van der Waals surface area contributed by atoms with Crippen LogP contribution in [-0.4, -0.2) is 31.8 Å². The summed E-state index contributed by atoms with van der Waals surface area (Å²) in [4.78, 5) is 6.75. The minimum atomic E-state index is 0.0315. The maximum atomic E-state index is 5.83. The third kappa shape index (κ3) is 4.63. The van der Waals surface area contributed by atoms with Gasteiger partial charge in [0.15, 0.2) is 0 Å². The maximum absolute atomic E-state index is 5.83. The summed E-state index contributed by atoms with van der Waals surface area (Å²) in [5.41, 5.74) is 6.89. The van der Waals surface area contributed by atoms with Gasteiger partial charge in [0.05, 0.1) is 6.61 Å². The summed E-state index contributed by atoms with van der Waals surface area (Å²) in [7, 11) is 1.72. The van der Waals surface area contributed by atoms with Gasteiger partial charge in [0.25, 0.3) is 0 Å². The van der Waals surface area contributed by atoms with Crippen molar-refractivity contribution in [1.82, 2.24) is 4.98 Å². The van der Waals surface area contributed by atoms with Crippen LogP contribution in [0.5, 0.6) is 0 Å². The SMILES string of the molecule is COCCN(CC(C)C)c1ccc([C@H](C)N)cn1. The summed E-state index contributed by atoms with van der Waals surface area (Å²) in [5.74, 6) is 1.59. The lowest BCUT2D eigenvalue weighted by Gasteiger charge is -2.25. The van der Waals surface area contributed by atoms with Crippen molar-refractivity contribution in [3.05, 3.63) is 23.9 Å². The van der Waals surface area contributed by atoms with Gasteiger partial charge in [-0.1, -0.05) is 19.9 Å². The van der Waals surface area contributed by atoms with Gasteiger partial charge in [-0.05, 0) is 24.5 Å². The van der Waals surface area contributed by atoms with Crippen LogP contribution in [0.4, 0.5) is 5.82 Å². The molecule has 1 atom stereocenters. The van der Waals surface area contributed by atoms with E-state index in [1.807, 2.05) is 25.3 Å². The molecule has 2 N–H and O–H groups in total. The fraction of sp³-hybridized carbons (Fsp3) is 0.643. The van der Waals surface area contributed by atoms with Crippen molar-refractivity contribution in [2.45, 2.75) is 26.8 Å². The maximum Gasteiger partial charge on any atom is 0.128 e. The van der Waals surface area contributed by atoms with Gasteiger partial charge in [0.1, 0.15) is 5.82 Å². The molecule has 4 heteroatoms. The second-order valence-corrected chi connectivity index (χ2v) is 5.07. The number of ether oxygens (including phenoxy) is 1. The number of aromatic nitrogens is 1. The van der Waals surface area contributed by atoms with Crippen molar-refractivity contribution < 1.29 is 4.74 Å². The first-order valence-corrected chi connectivity index (χ1v) is 6.50. The molecule has 0 unspecified atom stereocenters. The molecule has 1 aromatic heterocycles. The van der Waals surface area contributed by atoms with Crippen LogP contribution in [0.15, 0.2) is 18.3 Å². The molecule has 0 aliphatic heterocycles. The largest absolute Gasteiger partial charge is 0.383 e.